The Morgan fingerprint density at radius 3 is 1.04 bits per heavy atom. The quantitative estimate of drug-likeness (QED) is 0.101. The maximum Gasteiger partial charge on any atom is 0.252 e. The fourth-order valence-corrected chi connectivity index (χ4v) is 17.4. The molecule has 2 aromatic heterocycles. The SMILES string of the molecule is c1ccc(-c2cccc(-c3ccccc3)c2N2c3cc(-c4ccc5c(c4)oc4ccccc45)ccc3B3c4ccc(-c5c6ccccc6c(-c6ccccc6)c6ccccc56)cc4N(c4c(-c5ccccc5)cccc4-c4ccccc4)c4cc(-n5c6ccccc6c6ccccc65)cc2c43)cc1. The van der Waals surface area contributed by atoms with E-state index in [1.54, 1.807) is 0 Å². The van der Waals surface area contributed by atoms with Crippen LogP contribution in [0.25, 0.3) is 149 Å². The van der Waals surface area contributed by atoms with Crippen LogP contribution in [0.1, 0.15) is 0 Å². The Bertz CT molecular complexity index is 6400. The lowest BCUT2D eigenvalue weighted by molar-refractivity contribution is 0.669. The van der Waals surface area contributed by atoms with Crippen LogP contribution in [0.5, 0.6) is 0 Å². The third-order valence-electron chi connectivity index (χ3n) is 21.7. The molecule has 4 heterocycles. The van der Waals surface area contributed by atoms with Crippen molar-refractivity contribution in [3.63, 3.8) is 0 Å². The van der Waals surface area contributed by atoms with Crippen molar-refractivity contribution in [2.45, 2.75) is 0 Å². The predicted molar refractivity (Wildman–Crippen MR) is 435 cm³/mol. The maximum absolute atomic E-state index is 6.71. The van der Waals surface area contributed by atoms with E-state index >= 15 is 0 Å². The number of aromatic nitrogens is 1. The molecule has 0 atom stereocenters. The van der Waals surface area contributed by atoms with Gasteiger partial charge in [-0.2, -0.15) is 0 Å². The summed E-state index contributed by atoms with van der Waals surface area (Å²) >= 11 is 0. The zero-order valence-corrected chi connectivity index (χ0v) is 56.1. The van der Waals surface area contributed by atoms with Gasteiger partial charge in [0, 0.05) is 66.5 Å². The van der Waals surface area contributed by atoms with Crippen LogP contribution in [-0.2, 0) is 0 Å². The molecular weight excluding hydrogens is 1250 g/mol. The van der Waals surface area contributed by atoms with Crippen LogP contribution in [0.4, 0.5) is 34.1 Å². The third kappa shape index (κ3) is 9.19. The number of hydrogen-bond acceptors (Lipinski definition) is 3. The molecule has 103 heavy (non-hydrogen) atoms. The van der Waals surface area contributed by atoms with Gasteiger partial charge < -0.3 is 18.8 Å². The lowest BCUT2D eigenvalue weighted by atomic mass is 9.33. The molecule has 0 spiro atoms. The van der Waals surface area contributed by atoms with Crippen LogP contribution in [-0.4, -0.2) is 11.3 Å². The Kier molecular flexibility index (Phi) is 13.4. The van der Waals surface area contributed by atoms with E-state index in [4.69, 9.17) is 4.42 Å². The van der Waals surface area contributed by atoms with Crippen LogP contribution in [0.2, 0.25) is 0 Å². The lowest BCUT2D eigenvalue weighted by Gasteiger charge is -2.46. The van der Waals surface area contributed by atoms with Crippen molar-refractivity contribution in [2.24, 2.45) is 0 Å². The molecule has 0 saturated heterocycles. The van der Waals surface area contributed by atoms with Crippen LogP contribution < -0.4 is 26.2 Å². The first-order valence-electron chi connectivity index (χ1n) is 35.6. The van der Waals surface area contributed by atoms with Gasteiger partial charge in [-0.3, -0.25) is 0 Å². The van der Waals surface area contributed by atoms with Gasteiger partial charge in [0.05, 0.1) is 28.1 Å². The second-order valence-corrected chi connectivity index (χ2v) is 27.3. The summed E-state index contributed by atoms with van der Waals surface area (Å²) in [5.74, 6) is 0. The van der Waals surface area contributed by atoms with E-state index in [0.717, 1.165) is 134 Å². The number of hydrogen-bond donors (Lipinski definition) is 0. The Balaban J connectivity index is 0.943. The van der Waals surface area contributed by atoms with Crippen LogP contribution in [0.15, 0.2) is 381 Å². The van der Waals surface area contributed by atoms with E-state index in [1.807, 2.05) is 0 Å². The van der Waals surface area contributed by atoms with Crippen LogP contribution in [0, 0.1) is 0 Å². The molecule has 2 aliphatic heterocycles. The average molecular weight is 1310 g/mol. The molecule has 2 aliphatic rings. The van der Waals surface area contributed by atoms with Crippen molar-refractivity contribution < 1.29 is 4.42 Å². The monoisotopic (exact) mass is 1310 g/mol. The zero-order valence-electron chi connectivity index (χ0n) is 56.1. The first kappa shape index (κ1) is 58.5. The molecule has 0 N–H and O–H groups in total. The maximum atomic E-state index is 6.71. The van der Waals surface area contributed by atoms with Crippen molar-refractivity contribution >= 4 is 123 Å². The second-order valence-electron chi connectivity index (χ2n) is 27.3. The topological polar surface area (TPSA) is 24.6 Å². The standard InChI is InChI=1S/C98H62BN3O/c1-6-28-63(29-7-1)72-45-26-46-73(64-30-8-2-9-31-64)97(72)101-88-58-68(69-52-55-79-78-40-22-25-51-92(78)103-93(79)60-69)53-56-84(88)99-85-57-54-70(95-82-43-18-16-41-80(82)94(67-36-14-5-15-37-67)81-42-17-19-44-83(81)95)59-89(85)102(98-74(65-32-10-3-11-33-65)47-27-48-75(98)66-34-12-4-13-35-66)91-62-71(61-90(101)96(91)99)100-86-49-23-20-38-76(86)77-39-21-24-50-87(77)100/h1-62H. The number of rotatable bonds is 10. The summed E-state index contributed by atoms with van der Waals surface area (Å²) in [5, 5.41) is 9.43. The molecule has 17 aromatic carbocycles. The number of nitrogens with zero attached hydrogens (tertiary/aromatic N) is 3. The molecule has 0 fully saturated rings. The minimum Gasteiger partial charge on any atom is -0.456 e. The summed E-state index contributed by atoms with van der Waals surface area (Å²) in [6.07, 6.45) is 0. The molecule has 21 rings (SSSR count). The summed E-state index contributed by atoms with van der Waals surface area (Å²) in [6, 6.07) is 140. The number of benzene rings is 17. The molecule has 0 saturated carbocycles. The highest BCUT2D eigenvalue weighted by molar-refractivity contribution is 7.00. The Labute approximate surface area is 597 Å². The molecule has 0 unspecified atom stereocenters. The fourth-order valence-electron chi connectivity index (χ4n) is 17.4. The van der Waals surface area contributed by atoms with Crippen molar-refractivity contribution in [1.82, 2.24) is 4.57 Å². The minimum absolute atomic E-state index is 0.280. The Hall–Kier alpha value is -13.5. The van der Waals surface area contributed by atoms with Gasteiger partial charge in [-0.05, 0) is 148 Å². The molecule has 0 bridgehead atoms. The average Bonchev–Trinajstić information content (AvgIpc) is 0.928. The molecular formula is C98H62BN3O. The van der Waals surface area contributed by atoms with E-state index in [9.17, 15) is 0 Å². The third-order valence-corrected chi connectivity index (χ3v) is 21.7. The first-order valence-corrected chi connectivity index (χ1v) is 35.6. The highest BCUT2D eigenvalue weighted by Gasteiger charge is 2.46. The number of furan rings is 1. The number of fused-ring (bicyclic) bond motifs is 12. The van der Waals surface area contributed by atoms with Crippen LogP contribution in [0.3, 0.4) is 0 Å². The van der Waals surface area contributed by atoms with Crippen molar-refractivity contribution in [3.05, 3.63) is 376 Å². The van der Waals surface area contributed by atoms with Gasteiger partial charge in [-0.25, -0.2) is 0 Å². The minimum atomic E-state index is -0.280. The van der Waals surface area contributed by atoms with Crippen molar-refractivity contribution in [3.8, 4) is 83.6 Å². The van der Waals surface area contributed by atoms with E-state index in [0.29, 0.717) is 0 Å². The highest BCUT2D eigenvalue weighted by Crippen LogP contribution is 2.55. The molecule has 0 amide bonds. The van der Waals surface area contributed by atoms with Crippen molar-refractivity contribution in [2.75, 3.05) is 9.80 Å². The summed E-state index contributed by atoms with van der Waals surface area (Å²) in [4.78, 5) is 5.36. The lowest BCUT2D eigenvalue weighted by Crippen LogP contribution is -2.61. The Morgan fingerprint density at radius 1 is 0.223 bits per heavy atom. The smallest absolute Gasteiger partial charge is 0.252 e. The zero-order chi connectivity index (χ0) is 67.6. The van der Waals surface area contributed by atoms with E-state index in [2.05, 4.69) is 390 Å². The molecule has 0 aliphatic carbocycles. The highest BCUT2D eigenvalue weighted by atomic mass is 16.3. The number of para-hydroxylation sites is 5. The van der Waals surface area contributed by atoms with Gasteiger partial charge >= 0.3 is 0 Å². The summed E-state index contributed by atoms with van der Waals surface area (Å²) < 4.78 is 9.24. The Morgan fingerprint density at radius 2 is 0.573 bits per heavy atom. The van der Waals surface area contributed by atoms with Gasteiger partial charge in [0.2, 0.25) is 0 Å². The van der Waals surface area contributed by atoms with Crippen LogP contribution >= 0.6 is 0 Å². The molecule has 19 aromatic rings. The van der Waals surface area contributed by atoms with Gasteiger partial charge in [0.15, 0.2) is 0 Å². The summed E-state index contributed by atoms with van der Waals surface area (Å²) in [5.41, 5.74) is 31.1. The van der Waals surface area contributed by atoms with E-state index in [-0.39, 0.29) is 6.71 Å². The normalized spacial score (nSPS) is 12.4. The van der Waals surface area contributed by atoms with Gasteiger partial charge in [0.1, 0.15) is 11.2 Å². The summed E-state index contributed by atoms with van der Waals surface area (Å²) in [7, 11) is 0. The summed E-state index contributed by atoms with van der Waals surface area (Å²) in [6.45, 7) is -0.280. The molecule has 0 radical (unpaired) electrons. The van der Waals surface area contributed by atoms with Gasteiger partial charge in [-0.15, -0.1) is 0 Å². The molecule has 478 valence electrons. The predicted octanol–water partition coefficient (Wildman–Crippen LogP) is 24.7. The number of anilines is 6. The fraction of sp³-hybridized carbons (Fsp3) is 0. The van der Waals surface area contributed by atoms with Crippen molar-refractivity contribution in [1.29, 1.82) is 0 Å². The van der Waals surface area contributed by atoms with E-state index < -0.39 is 0 Å². The van der Waals surface area contributed by atoms with Gasteiger partial charge in [-0.1, -0.05) is 322 Å². The first-order chi connectivity index (χ1) is 51.1. The molecule has 4 nitrogen and oxygen atoms in total. The molecule has 5 heteroatoms. The van der Waals surface area contributed by atoms with Gasteiger partial charge in [0.25, 0.3) is 6.71 Å². The largest absolute Gasteiger partial charge is 0.456 e. The van der Waals surface area contributed by atoms with E-state index in [1.165, 1.54) is 65.4 Å². The second kappa shape index (κ2) is 23.6.